The number of rotatable bonds is 3. The zero-order valence-corrected chi connectivity index (χ0v) is 13.0. The molecule has 1 aromatic rings. The van der Waals surface area contributed by atoms with E-state index in [1.54, 1.807) is 4.90 Å². The highest BCUT2D eigenvalue weighted by atomic mass is 16.2. The minimum atomic E-state index is 0.157. The summed E-state index contributed by atoms with van der Waals surface area (Å²) in [7, 11) is 3.75. The van der Waals surface area contributed by atoms with Gasteiger partial charge in [-0.15, -0.1) is 0 Å². The second-order valence-electron chi connectivity index (χ2n) is 5.99. The molecule has 1 aliphatic carbocycles. The second kappa shape index (κ2) is 5.50. The van der Waals surface area contributed by atoms with E-state index in [9.17, 15) is 4.79 Å². The van der Waals surface area contributed by atoms with Gasteiger partial charge < -0.3 is 15.1 Å². The fourth-order valence-corrected chi connectivity index (χ4v) is 2.76. The third-order valence-electron chi connectivity index (χ3n) is 4.29. The summed E-state index contributed by atoms with van der Waals surface area (Å²) in [5.74, 6) is 3.38. The molecular weight excluding hydrogens is 266 g/mol. The van der Waals surface area contributed by atoms with Crippen LogP contribution >= 0.6 is 0 Å². The van der Waals surface area contributed by atoms with Gasteiger partial charge in [0.2, 0.25) is 5.91 Å². The maximum Gasteiger partial charge on any atom is 0.241 e. The number of amides is 1. The lowest BCUT2D eigenvalue weighted by atomic mass is 10.2. The number of likely N-dealkylation sites (N-methyl/N-ethyl adjacent to an activating group) is 1. The maximum absolute atomic E-state index is 12.1. The molecule has 0 radical (unpaired) electrons. The van der Waals surface area contributed by atoms with Crippen molar-refractivity contribution in [3.8, 4) is 0 Å². The summed E-state index contributed by atoms with van der Waals surface area (Å²) < 4.78 is 0. The van der Waals surface area contributed by atoms with Crippen molar-refractivity contribution < 1.29 is 4.79 Å². The van der Waals surface area contributed by atoms with Crippen molar-refractivity contribution in [2.45, 2.75) is 32.1 Å². The quantitative estimate of drug-likeness (QED) is 0.910. The van der Waals surface area contributed by atoms with Crippen LogP contribution in [-0.2, 0) is 4.79 Å². The first-order valence-electron chi connectivity index (χ1n) is 7.65. The molecule has 21 heavy (non-hydrogen) atoms. The zero-order chi connectivity index (χ0) is 15.0. The Kier molecular flexibility index (Phi) is 3.69. The predicted molar refractivity (Wildman–Crippen MR) is 82.8 cm³/mol. The molecule has 0 aromatic carbocycles. The minimum Gasteiger partial charge on any atom is -0.373 e. The molecule has 6 nitrogen and oxygen atoms in total. The Morgan fingerprint density at radius 2 is 2.00 bits per heavy atom. The van der Waals surface area contributed by atoms with Gasteiger partial charge in [0.05, 0.1) is 6.54 Å². The normalized spacial score (nSPS) is 19.7. The van der Waals surface area contributed by atoms with E-state index in [0.29, 0.717) is 12.5 Å². The number of hydrogen-bond acceptors (Lipinski definition) is 5. The molecule has 114 valence electrons. The molecule has 1 saturated carbocycles. The van der Waals surface area contributed by atoms with Crippen molar-refractivity contribution in [2.24, 2.45) is 0 Å². The lowest BCUT2D eigenvalue weighted by Crippen LogP contribution is -2.35. The van der Waals surface area contributed by atoms with Crippen molar-refractivity contribution in [1.82, 2.24) is 14.9 Å². The molecular formula is C15H23N5O. The summed E-state index contributed by atoms with van der Waals surface area (Å²) in [6.45, 7) is 4.10. The van der Waals surface area contributed by atoms with Crippen LogP contribution in [0.5, 0.6) is 0 Å². The summed E-state index contributed by atoms with van der Waals surface area (Å²) in [5, 5.41) is 3.16. The van der Waals surface area contributed by atoms with Crippen molar-refractivity contribution in [2.75, 3.05) is 43.9 Å². The van der Waals surface area contributed by atoms with Crippen LogP contribution < -0.4 is 10.2 Å². The summed E-state index contributed by atoms with van der Waals surface area (Å²) in [5.41, 5.74) is 1.03. The van der Waals surface area contributed by atoms with Crippen LogP contribution in [-0.4, -0.2) is 54.5 Å². The summed E-state index contributed by atoms with van der Waals surface area (Å²) in [4.78, 5) is 25.4. The van der Waals surface area contributed by atoms with Crippen molar-refractivity contribution in [1.29, 1.82) is 0 Å². The molecule has 0 unspecified atom stereocenters. The predicted octanol–water partition coefficient (Wildman–Crippen LogP) is 1.37. The van der Waals surface area contributed by atoms with E-state index in [4.69, 9.17) is 4.98 Å². The van der Waals surface area contributed by atoms with Crippen molar-refractivity contribution in [3.63, 3.8) is 0 Å². The second-order valence-corrected chi connectivity index (χ2v) is 5.99. The van der Waals surface area contributed by atoms with E-state index >= 15 is 0 Å². The molecule has 1 amide bonds. The molecule has 6 heteroatoms. The van der Waals surface area contributed by atoms with Gasteiger partial charge in [-0.3, -0.25) is 4.79 Å². The third kappa shape index (κ3) is 2.80. The van der Waals surface area contributed by atoms with E-state index < -0.39 is 0 Å². The first-order chi connectivity index (χ1) is 10.1. The molecule has 2 aliphatic rings. The molecule has 1 aromatic heterocycles. The van der Waals surface area contributed by atoms with E-state index in [1.165, 1.54) is 12.8 Å². The topological polar surface area (TPSA) is 61.4 Å². The Labute approximate surface area is 125 Å². The Bertz CT molecular complexity index is 555. The fourth-order valence-electron chi connectivity index (χ4n) is 2.76. The van der Waals surface area contributed by atoms with Gasteiger partial charge in [-0.1, -0.05) is 0 Å². The first-order valence-corrected chi connectivity index (χ1v) is 7.65. The van der Waals surface area contributed by atoms with Gasteiger partial charge in [0.25, 0.3) is 0 Å². The highest BCUT2D eigenvalue weighted by molar-refractivity contribution is 5.82. The van der Waals surface area contributed by atoms with Gasteiger partial charge in [-0.05, 0) is 26.2 Å². The molecule has 1 saturated heterocycles. The summed E-state index contributed by atoms with van der Waals surface area (Å²) in [6.07, 6.45) is 3.32. The molecule has 2 fully saturated rings. The first kappa shape index (κ1) is 14.1. The number of carbonyl (C=O) groups excluding carboxylic acids is 1. The smallest absolute Gasteiger partial charge is 0.241 e. The van der Waals surface area contributed by atoms with Crippen LogP contribution in [0.2, 0.25) is 0 Å². The van der Waals surface area contributed by atoms with Gasteiger partial charge in [-0.2, -0.15) is 0 Å². The van der Waals surface area contributed by atoms with Crippen LogP contribution in [0.15, 0.2) is 0 Å². The number of nitrogens with zero attached hydrogens (tertiary/aromatic N) is 4. The largest absolute Gasteiger partial charge is 0.373 e. The summed E-state index contributed by atoms with van der Waals surface area (Å²) >= 11 is 0. The Balaban J connectivity index is 1.95. The minimum absolute atomic E-state index is 0.157. The van der Waals surface area contributed by atoms with Gasteiger partial charge in [0, 0.05) is 38.7 Å². The molecule has 0 spiro atoms. The molecule has 3 rings (SSSR count). The molecule has 1 N–H and O–H groups in total. The number of aromatic nitrogens is 2. The number of nitrogens with one attached hydrogen (secondary N) is 1. The number of anilines is 2. The van der Waals surface area contributed by atoms with Crippen LogP contribution in [0.25, 0.3) is 0 Å². The van der Waals surface area contributed by atoms with Gasteiger partial charge in [0.1, 0.15) is 17.5 Å². The van der Waals surface area contributed by atoms with E-state index in [0.717, 1.165) is 42.5 Å². The average Bonchev–Trinajstić information content (AvgIpc) is 3.30. The number of carbonyl (C=O) groups is 1. The van der Waals surface area contributed by atoms with Crippen LogP contribution in [0.3, 0.4) is 0 Å². The SMILES string of the molecule is CNc1nc(C2CC2)nc(N2CCCN(C)C(=O)C2)c1C. The molecule has 0 bridgehead atoms. The third-order valence-corrected chi connectivity index (χ3v) is 4.29. The fraction of sp³-hybridized carbons (Fsp3) is 0.667. The van der Waals surface area contributed by atoms with Crippen LogP contribution in [0, 0.1) is 6.92 Å². The van der Waals surface area contributed by atoms with Crippen LogP contribution in [0.1, 0.15) is 36.6 Å². The number of hydrogen-bond donors (Lipinski definition) is 1. The van der Waals surface area contributed by atoms with E-state index in [-0.39, 0.29) is 5.91 Å². The van der Waals surface area contributed by atoms with E-state index in [1.807, 2.05) is 21.0 Å². The lowest BCUT2D eigenvalue weighted by molar-refractivity contribution is -0.127. The van der Waals surface area contributed by atoms with Crippen molar-refractivity contribution in [3.05, 3.63) is 11.4 Å². The van der Waals surface area contributed by atoms with Crippen molar-refractivity contribution >= 4 is 17.5 Å². The maximum atomic E-state index is 12.1. The van der Waals surface area contributed by atoms with Gasteiger partial charge in [0.15, 0.2) is 0 Å². The van der Waals surface area contributed by atoms with Crippen LogP contribution in [0.4, 0.5) is 11.6 Å². The van der Waals surface area contributed by atoms with E-state index in [2.05, 4.69) is 15.2 Å². The lowest BCUT2D eigenvalue weighted by Gasteiger charge is -2.24. The van der Waals surface area contributed by atoms with Gasteiger partial charge >= 0.3 is 0 Å². The average molecular weight is 289 g/mol. The highest BCUT2D eigenvalue weighted by Crippen LogP contribution is 2.40. The summed E-state index contributed by atoms with van der Waals surface area (Å²) in [6, 6.07) is 0. The monoisotopic (exact) mass is 289 g/mol. The Hall–Kier alpha value is -1.85. The highest BCUT2D eigenvalue weighted by Gasteiger charge is 2.30. The Morgan fingerprint density at radius 1 is 1.24 bits per heavy atom. The zero-order valence-electron chi connectivity index (χ0n) is 13.0. The molecule has 0 atom stereocenters. The molecule has 2 heterocycles. The molecule has 1 aliphatic heterocycles. The Morgan fingerprint density at radius 3 is 2.67 bits per heavy atom. The van der Waals surface area contributed by atoms with Gasteiger partial charge in [-0.25, -0.2) is 9.97 Å². The standard InChI is InChI=1S/C15H23N5O/c1-10-13(16-2)17-14(11-5-6-11)18-15(10)20-8-4-7-19(3)12(21)9-20/h11H,4-9H2,1-3H3,(H,16,17,18).